The van der Waals surface area contributed by atoms with E-state index in [1.165, 1.54) is 0 Å². The van der Waals surface area contributed by atoms with Gasteiger partial charge in [0.2, 0.25) is 0 Å². The molecule has 2 N–H and O–H groups in total. The maximum absolute atomic E-state index is 5.57. The summed E-state index contributed by atoms with van der Waals surface area (Å²) in [6, 6.07) is 7.90. The van der Waals surface area contributed by atoms with Crippen LogP contribution < -0.4 is 15.5 Å². The monoisotopic (exact) mass is 335 g/mol. The van der Waals surface area contributed by atoms with E-state index in [0.29, 0.717) is 5.11 Å². The Balaban J connectivity index is 1.77. The fourth-order valence-electron chi connectivity index (χ4n) is 2.26. The van der Waals surface area contributed by atoms with Crippen molar-refractivity contribution in [2.45, 2.75) is 39.2 Å². The molecule has 6 heteroatoms. The number of hydrogen-bond acceptors (Lipinski definition) is 4. The summed E-state index contributed by atoms with van der Waals surface area (Å²) in [7, 11) is 0. The molecule has 0 aliphatic carbocycles. The zero-order valence-electron chi connectivity index (χ0n) is 13.8. The van der Waals surface area contributed by atoms with Crippen LogP contribution in [0, 0.1) is 0 Å². The maximum atomic E-state index is 5.57. The van der Waals surface area contributed by atoms with Gasteiger partial charge in [-0.15, -0.1) is 0 Å². The second-order valence-electron chi connectivity index (χ2n) is 5.53. The van der Waals surface area contributed by atoms with Gasteiger partial charge in [-0.3, -0.25) is 5.43 Å². The van der Waals surface area contributed by atoms with Gasteiger partial charge in [0.25, 0.3) is 0 Å². The molecule has 1 aromatic rings. The minimum Gasteiger partial charge on any atom is -0.494 e. The van der Waals surface area contributed by atoms with E-state index in [2.05, 4.69) is 22.8 Å². The molecule has 1 atom stereocenters. The number of benzene rings is 1. The van der Waals surface area contributed by atoms with Crippen molar-refractivity contribution in [2.24, 2.45) is 5.10 Å². The number of nitrogens with one attached hydrogen (secondary N) is 2. The molecule has 1 fully saturated rings. The van der Waals surface area contributed by atoms with Crippen LogP contribution in [0.2, 0.25) is 0 Å². The van der Waals surface area contributed by atoms with E-state index in [1.807, 2.05) is 31.2 Å². The highest BCUT2D eigenvalue weighted by atomic mass is 32.1. The van der Waals surface area contributed by atoms with Crippen molar-refractivity contribution >= 4 is 23.0 Å². The smallest absolute Gasteiger partial charge is 0.187 e. The fraction of sp³-hybridized carbons (Fsp3) is 0.529. The summed E-state index contributed by atoms with van der Waals surface area (Å²) in [6.07, 6.45) is 3.48. The number of nitrogens with zero attached hydrogens (tertiary/aromatic N) is 1. The van der Waals surface area contributed by atoms with E-state index < -0.39 is 0 Å². The summed E-state index contributed by atoms with van der Waals surface area (Å²) < 4.78 is 11.1. The normalized spacial score (nSPS) is 17.8. The molecule has 1 aliphatic heterocycles. The van der Waals surface area contributed by atoms with Crippen LogP contribution in [0.1, 0.15) is 38.7 Å². The number of hydrogen-bond donors (Lipinski definition) is 2. The van der Waals surface area contributed by atoms with E-state index >= 15 is 0 Å². The molecule has 0 radical (unpaired) electrons. The van der Waals surface area contributed by atoms with Crippen molar-refractivity contribution < 1.29 is 9.47 Å². The SMILES string of the molecule is CCCOc1ccc(/C(C)=N\NC(=S)NC[C@H]2CCCO2)cc1. The molecule has 0 unspecified atom stereocenters. The average Bonchev–Trinajstić information content (AvgIpc) is 3.10. The first-order valence-electron chi connectivity index (χ1n) is 8.12. The molecule has 2 rings (SSSR count). The van der Waals surface area contributed by atoms with E-state index in [0.717, 1.165) is 56.0 Å². The topological polar surface area (TPSA) is 54.9 Å². The van der Waals surface area contributed by atoms with E-state index in [9.17, 15) is 0 Å². The third-order valence-corrected chi connectivity index (χ3v) is 3.82. The summed E-state index contributed by atoms with van der Waals surface area (Å²) in [5.41, 5.74) is 4.77. The van der Waals surface area contributed by atoms with E-state index in [-0.39, 0.29) is 6.10 Å². The van der Waals surface area contributed by atoms with Gasteiger partial charge >= 0.3 is 0 Å². The third kappa shape index (κ3) is 6.15. The quantitative estimate of drug-likeness (QED) is 0.456. The second kappa shape index (κ2) is 9.47. The van der Waals surface area contributed by atoms with Crippen molar-refractivity contribution in [1.82, 2.24) is 10.7 Å². The Morgan fingerprint density at radius 1 is 1.39 bits per heavy atom. The van der Waals surface area contributed by atoms with Gasteiger partial charge in [-0.2, -0.15) is 5.10 Å². The highest BCUT2D eigenvalue weighted by Crippen LogP contribution is 2.13. The van der Waals surface area contributed by atoms with Gasteiger partial charge in [-0.25, -0.2) is 0 Å². The molecule has 0 saturated carbocycles. The lowest BCUT2D eigenvalue weighted by atomic mass is 10.1. The fourth-order valence-corrected chi connectivity index (χ4v) is 2.39. The summed E-state index contributed by atoms with van der Waals surface area (Å²) in [5, 5.41) is 7.96. The molecule has 0 spiro atoms. The molecule has 5 nitrogen and oxygen atoms in total. The van der Waals surface area contributed by atoms with E-state index in [4.69, 9.17) is 21.7 Å². The van der Waals surface area contributed by atoms with Gasteiger partial charge in [0.1, 0.15) is 5.75 Å². The number of rotatable bonds is 7. The number of hydrazone groups is 1. The lowest BCUT2D eigenvalue weighted by Crippen LogP contribution is -2.37. The summed E-state index contributed by atoms with van der Waals surface area (Å²) in [5.74, 6) is 0.880. The summed E-state index contributed by atoms with van der Waals surface area (Å²) >= 11 is 5.22. The minimum atomic E-state index is 0.260. The second-order valence-corrected chi connectivity index (χ2v) is 5.94. The Bertz CT molecular complexity index is 525. The molecule has 1 heterocycles. The maximum Gasteiger partial charge on any atom is 0.187 e. The van der Waals surface area contributed by atoms with Crippen molar-refractivity contribution in [2.75, 3.05) is 19.8 Å². The molecule has 0 amide bonds. The molecule has 0 aromatic heterocycles. The molecular formula is C17H25N3O2S. The molecule has 1 aromatic carbocycles. The number of ether oxygens (including phenoxy) is 2. The molecule has 1 saturated heterocycles. The standard InChI is InChI=1S/C17H25N3O2S/c1-3-10-21-15-8-6-14(7-9-15)13(2)19-20-17(23)18-12-16-5-4-11-22-16/h6-9,16H,3-5,10-12H2,1-2H3,(H2,18,20,23)/b19-13-/t16-/m1/s1. The highest BCUT2D eigenvalue weighted by molar-refractivity contribution is 7.80. The summed E-state index contributed by atoms with van der Waals surface area (Å²) in [4.78, 5) is 0. The average molecular weight is 335 g/mol. The molecule has 23 heavy (non-hydrogen) atoms. The summed E-state index contributed by atoms with van der Waals surface area (Å²) in [6.45, 7) is 6.34. The molecule has 1 aliphatic rings. The molecule has 0 bridgehead atoms. The van der Waals surface area contributed by atoms with Gasteiger partial charge in [-0.1, -0.05) is 6.92 Å². The van der Waals surface area contributed by atoms with Crippen LogP contribution >= 0.6 is 12.2 Å². The Morgan fingerprint density at radius 3 is 2.83 bits per heavy atom. The molecular weight excluding hydrogens is 310 g/mol. The van der Waals surface area contributed by atoms with Crippen molar-refractivity contribution in [1.29, 1.82) is 0 Å². The predicted octanol–water partition coefficient (Wildman–Crippen LogP) is 2.84. The van der Waals surface area contributed by atoms with Gasteiger partial charge in [-0.05, 0) is 68.2 Å². The Hall–Kier alpha value is -1.66. The third-order valence-electron chi connectivity index (χ3n) is 3.58. The van der Waals surface area contributed by atoms with Gasteiger partial charge in [0, 0.05) is 13.2 Å². The molecule has 126 valence electrons. The van der Waals surface area contributed by atoms with Crippen LogP contribution in [0.15, 0.2) is 29.4 Å². The van der Waals surface area contributed by atoms with Crippen molar-refractivity contribution in [3.63, 3.8) is 0 Å². The minimum absolute atomic E-state index is 0.260. The first-order chi connectivity index (χ1) is 11.2. The zero-order valence-corrected chi connectivity index (χ0v) is 14.6. The van der Waals surface area contributed by atoms with Crippen LogP contribution in [0.25, 0.3) is 0 Å². The van der Waals surface area contributed by atoms with Gasteiger partial charge < -0.3 is 14.8 Å². The van der Waals surface area contributed by atoms with Crippen molar-refractivity contribution in [3.05, 3.63) is 29.8 Å². The van der Waals surface area contributed by atoms with Crippen LogP contribution in [-0.4, -0.2) is 36.7 Å². The first kappa shape index (κ1) is 17.7. The van der Waals surface area contributed by atoms with Gasteiger partial charge in [0.15, 0.2) is 5.11 Å². The van der Waals surface area contributed by atoms with Crippen LogP contribution in [0.3, 0.4) is 0 Å². The van der Waals surface area contributed by atoms with Crippen LogP contribution in [0.5, 0.6) is 5.75 Å². The van der Waals surface area contributed by atoms with Crippen LogP contribution in [-0.2, 0) is 4.74 Å². The van der Waals surface area contributed by atoms with Crippen molar-refractivity contribution in [3.8, 4) is 5.75 Å². The zero-order chi connectivity index (χ0) is 16.5. The van der Waals surface area contributed by atoms with E-state index in [1.54, 1.807) is 0 Å². The van der Waals surface area contributed by atoms with Gasteiger partial charge in [0.05, 0.1) is 18.4 Å². The number of thiocarbonyl (C=S) groups is 1. The Kier molecular flexibility index (Phi) is 7.29. The Labute approximate surface area is 143 Å². The first-order valence-corrected chi connectivity index (χ1v) is 8.53. The highest BCUT2D eigenvalue weighted by Gasteiger charge is 2.15. The van der Waals surface area contributed by atoms with Crippen LogP contribution in [0.4, 0.5) is 0 Å². The lowest BCUT2D eigenvalue weighted by Gasteiger charge is -2.12. The largest absolute Gasteiger partial charge is 0.494 e. The predicted molar refractivity (Wildman–Crippen MR) is 97.1 cm³/mol. The lowest BCUT2D eigenvalue weighted by molar-refractivity contribution is 0.114. The Morgan fingerprint density at radius 2 is 2.17 bits per heavy atom.